The van der Waals surface area contributed by atoms with Crippen molar-refractivity contribution in [3.63, 3.8) is 0 Å². The number of carbonyl (C=O) groups excluding carboxylic acids is 3. The van der Waals surface area contributed by atoms with Crippen molar-refractivity contribution in [3.05, 3.63) is 102 Å². The number of aromatic nitrogens is 2. The monoisotopic (exact) mass is 685 g/mol. The summed E-state index contributed by atoms with van der Waals surface area (Å²) in [4.78, 5) is 48.6. The lowest BCUT2D eigenvalue weighted by Crippen LogP contribution is -2.54. The van der Waals surface area contributed by atoms with Crippen molar-refractivity contribution < 1.29 is 19.5 Å². The second-order valence-corrected chi connectivity index (χ2v) is 12.4. The molecule has 0 aliphatic rings. The highest BCUT2D eigenvalue weighted by Crippen LogP contribution is 2.20. The minimum atomic E-state index is -0.914. The van der Waals surface area contributed by atoms with E-state index in [0.29, 0.717) is 18.8 Å². The molecule has 3 amide bonds. The maximum absolute atomic E-state index is 13.7. The largest absolute Gasteiger partial charge is 0.377 e. The lowest BCUT2D eigenvalue weighted by atomic mass is 9.98. The molecule has 3 aromatic carbocycles. The molecule has 0 bridgehead atoms. The number of aliphatic hydroxyl groups is 1. The van der Waals surface area contributed by atoms with Crippen LogP contribution in [0.2, 0.25) is 0 Å². The number of rotatable bonds is 21. The number of H-pyrrole nitrogens is 1. The fourth-order valence-electron chi connectivity index (χ4n) is 5.70. The Morgan fingerprint density at radius 1 is 0.820 bits per heavy atom. The van der Waals surface area contributed by atoms with Gasteiger partial charge in [-0.2, -0.15) is 0 Å². The number of aromatic amines is 1. The van der Waals surface area contributed by atoms with Crippen LogP contribution in [0.4, 0.5) is 0 Å². The number of benzene rings is 3. The Kier molecular flexibility index (Phi) is 15.3. The van der Waals surface area contributed by atoms with Crippen LogP contribution in [0.15, 0.2) is 79.3 Å². The molecule has 13 nitrogen and oxygen atoms in total. The highest BCUT2D eigenvalue weighted by Gasteiger charge is 2.27. The molecule has 8 N–H and O–H groups in total. The van der Waals surface area contributed by atoms with Crippen LogP contribution in [-0.2, 0) is 40.3 Å². The Morgan fingerprint density at radius 2 is 1.48 bits per heavy atom. The van der Waals surface area contributed by atoms with Gasteiger partial charge in [-0.1, -0.05) is 66.7 Å². The summed E-state index contributed by atoms with van der Waals surface area (Å²) in [6.45, 7) is 5.97. The van der Waals surface area contributed by atoms with E-state index in [1.165, 1.54) is 13.3 Å². The second kappa shape index (κ2) is 20.1. The van der Waals surface area contributed by atoms with Gasteiger partial charge in [0.05, 0.1) is 12.0 Å². The molecular formula is C37H51N9O4. The third-order valence-corrected chi connectivity index (χ3v) is 8.42. The molecule has 50 heavy (non-hydrogen) atoms. The van der Waals surface area contributed by atoms with E-state index in [-0.39, 0.29) is 31.2 Å². The molecule has 0 spiro atoms. The Balaban J connectivity index is 1.39. The molecule has 268 valence electrons. The quantitative estimate of drug-likeness (QED) is 0.0591. The number of hydrogen-bond donors (Lipinski definition) is 8. The van der Waals surface area contributed by atoms with Gasteiger partial charge in [-0.3, -0.25) is 24.6 Å². The Labute approximate surface area is 294 Å². The van der Waals surface area contributed by atoms with Gasteiger partial charge in [0.25, 0.3) is 0 Å². The Hall–Kier alpha value is -4.66. The number of imidazole rings is 1. The molecule has 0 aliphatic carbocycles. The molecule has 0 saturated heterocycles. The molecule has 4 aromatic rings. The van der Waals surface area contributed by atoms with Crippen LogP contribution < -0.4 is 31.9 Å². The summed E-state index contributed by atoms with van der Waals surface area (Å²) in [6, 6.07) is 19.8. The summed E-state index contributed by atoms with van der Waals surface area (Å²) in [5.41, 5.74) is 3.41. The average molecular weight is 686 g/mol. The average Bonchev–Trinajstić information content (AvgIpc) is 3.64. The van der Waals surface area contributed by atoms with Gasteiger partial charge in [-0.15, -0.1) is 0 Å². The van der Waals surface area contributed by atoms with Crippen molar-refractivity contribution in [2.75, 3.05) is 46.8 Å². The molecule has 1 heterocycles. The highest BCUT2D eigenvalue weighted by atomic mass is 16.3. The van der Waals surface area contributed by atoms with E-state index >= 15 is 0 Å². The Morgan fingerprint density at radius 3 is 2.14 bits per heavy atom. The minimum Gasteiger partial charge on any atom is -0.377 e. The van der Waals surface area contributed by atoms with Gasteiger partial charge < -0.3 is 36.7 Å². The van der Waals surface area contributed by atoms with Gasteiger partial charge in [-0.25, -0.2) is 4.98 Å². The van der Waals surface area contributed by atoms with Gasteiger partial charge in [0, 0.05) is 71.8 Å². The van der Waals surface area contributed by atoms with E-state index in [1.54, 1.807) is 6.20 Å². The number of carbonyl (C=O) groups is 3. The van der Waals surface area contributed by atoms with Crippen LogP contribution in [0.5, 0.6) is 0 Å². The maximum Gasteiger partial charge on any atom is 0.243 e. The highest BCUT2D eigenvalue weighted by molar-refractivity contribution is 5.93. The molecule has 0 radical (unpaired) electrons. The predicted molar refractivity (Wildman–Crippen MR) is 195 cm³/mol. The summed E-state index contributed by atoms with van der Waals surface area (Å²) < 4.78 is 0. The molecular weight excluding hydrogens is 634 g/mol. The fourth-order valence-corrected chi connectivity index (χ4v) is 5.70. The van der Waals surface area contributed by atoms with Crippen molar-refractivity contribution in [2.24, 2.45) is 0 Å². The molecule has 0 aliphatic heterocycles. The first-order valence-corrected chi connectivity index (χ1v) is 17.1. The number of amides is 3. The van der Waals surface area contributed by atoms with Gasteiger partial charge in [0.15, 0.2) is 0 Å². The lowest BCUT2D eigenvalue weighted by Gasteiger charge is -2.25. The summed E-state index contributed by atoms with van der Waals surface area (Å²) in [7, 11) is 3.83. The summed E-state index contributed by atoms with van der Waals surface area (Å²) in [6.07, 6.45) is 2.91. The van der Waals surface area contributed by atoms with Crippen molar-refractivity contribution >= 4 is 28.5 Å². The zero-order chi connectivity index (χ0) is 35.7. The van der Waals surface area contributed by atoms with Gasteiger partial charge in [-0.05, 0) is 41.6 Å². The van der Waals surface area contributed by atoms with Crippen LogP contribution in [-0.4, -0.2) is 103 Å². The van der Waals surface area contributed by atoms with Crippen molar-refractivity contribution in [1.82, 2.24) is 46.8 Å². The molecule has 0 unspecified atom stereocenters. The van der Waals surface area contributed by atoms with Crippen LogP contribution in [0, 0.1) is 0 Å². The predicted octanol–water partition coefficient (Wildman–Crippen LogP) is 0.803. The molecule has 0 saturated carbocycles. The second-order valence-electron chi connectivity index (χ2n) is 12.4. The molecule has 1 aromatic heterocycles. The fraction of sp³-hybridized carbons (Fsp3) is 0.405. The van der Waals surface area contributed by atoms with Crippen LogP contribution in [0.25, 0.3) is 10.8 Å². The summed E-state index contributed by atoms with van der Waals surface area (Å²) >= 11 is 0. The van der Waals surface area contributed by atoms with E-state index in [4.69, 9.17) is 0 Å². The van der Waals surface area contributed by atoms with Crippen LogP contribution >= 0.6 is 0 Å². The summed E-state index contributed by atoms with van der Waals surface area (Å²) in [5, 5.41) is 30.7. The third-order valence-electron chi connectivity index (χ3n) is 8.42. The van der Waals surface area contributed by atoms with E-state index in [0.717, 1.165) is 53.6 Å². The van der Waals surface area contributed by atoms with Gasteiger partial charge in [0.1, 0.15) is 18.3 Å². The smallest absolute Gasteiger partial charge is 0.243 e. The first kappa shape index (κ1) is 38.1. The zero-order valence-electron chi connectivity index (χ0n) is 29.2. The van der Waals surface area contributed by atoms with Crippen molar-refractivity contribution in [2.45, 2.75) is 51.2 Å². The van der Waals surface area contributed by atoms with Crippen LogP contribution in [0.3, 0.4) is 0 Å². The minimum absolute atomic E-state index is 0.167. The number of nitrogens with one attached hydrogen (secondary N) is 7. The summed E-state index contributed by atoms with van der Waals surface area (Å²) in [5.74, 6) is -1.18. The number of fused-ring (bicyclic) bond motifs is 1. The number of hydrogen-bond acceptors (Lipinski definition) is 9. The van der Waals surface area contributed by atoms with Gasteiger partial charge >= 0.3 is 0 Å². The topological polar surface area (TPSA) is 176 Å². The SMILES string of the molecule is CNCCN(CCNC)C[C@H](O)NCc1ccc(CNC(=O)[C@H](Cc2cccc3ccccc23)NC(=O)[C@H](Cc2c[nH]cn2)NC(C)=O)cc1. The Bertz CT molecular complexity index is 1620. The number of aliphatic hydroxyl groups excluding tert-OH is 1. The number of likely N-dealkylation sites (N-methyl/N-ethyl adjacent to an activating group) is 2. The number of nitrogens with zero attached hydrogens (tertiary/aromatic N) is 2. The molecule has 0 fully saturated rings. The maximum atomic E-state index is 13.7. The van der Waals surface area contributed by atoms with E-state index in [9.17, 15) is 19.5 Å². The van der Waals surface area contributed by atoms with Crippen molar-refractivity contribution in [1.29, 1.82) is 0 Å². The normalized spacial score (nSPS) is 13.1. The molecule has 13 heteroatoms. The van der Waals surface area contributed by atoms with E-state index in [2.05, 4.69) is 46.8 Å². The molecule has 4 rings (SSSR count). The molecule has 3 atom stereocenters. The van der Waals surface area contributed by atoms with Gasteiger partial charge in [0.2, 0.25) is 17.7 Å². The van der Waals surface area contributed by atoms with E-state index in [1.807, 2.05) is 80.8 Å². The van der Waals surface area contributed by atoms with Crippen molar-refractivity contribution in [3.8, 4) is 0 Å². The first-order valence-electron chi connectivity index (χ1n) is 17.1. The third kappa shape index (κ3) is 12.3. The standard InChI is InChI=1S/C37H51N9O4/c1-26(47)44-34(20-31-23-40-25-43-31)37(50)45-33(19-30-9-6-8-29-7-4-5-10-32(29)30)36(49)42-22-28-13-11-27(12-14-28)21-41-35(48)24-46(17-15-38-2)18-16-39-3/h4-14,23,25,33-35,38-39,41,48H,15-22,24H2,1-3H3,(H,40,43)(H,42,49)(H,44,47)(H,45,50)/t33-,34-,35-/m0/s1. The lowest BCUT2D eigenvalue weighted by molar-refractivity contribution is -0.131. The van der Waals surface area contributed by atoms with Crippen LogP contribution in [0.1, 0.15) is 29.3 Å². The first-order chi connectivity index (χ1) is 24.2. The van der Waals surface area contributed by atoms with E-state index < -0.39 is 24.2 Å². The zero-order valence-corrected chi connectivity index (χ0v) is 29.2.